The molecule has 1 aromatic carbocycles. The van der Waals surface area contributed by atoms with E-state index in [0.29, 0.717) is 6.54 Å². The fourth-order valence-corrected chi connectivity index (χ4v) is 2.40. The van der Waals surface area contributed by atoms with Crippen LogP contribution in [0.1, 0.15) is 23.2 Å². The van der Waals surface area contributed by atoms with Gasteiger partial charge in [-0.05, 0) is 31.5 Å². The van der Waals surface area contributed by atoms with Crippen molar-refractivity contribution in [3.8, 4) is 0 Å². The van der Waals surface area contributed by atoms with E-state index in [1.165, 1.54) is 0 Å². The standard InChI is InChI=1S/C12H13BrF2N2O.ClH/c13-7-4-9(14)11(10(15)5-7)12(18)17-6-8-2-1-3-16-8;/h4-5,8,16H,1-3,6H2,(H,17,18);1H. The summed E-state index contributed by atoms with van der Waals surface area (Å²) in [7, 11) is 0. The normalized spacial score (nSPS) is 17.9. The third kappa shape index (κ3) is 4.12. The first-order chi connectivity index (χ1) is 8.58. The van der Waals surface area contributed by atoms with Crippen LogP contribution in [0, 0.1) is 11.6 Å². The van der Waals surface area contributed by atoms with Gasteiger partial charge < -0.3 is 10.6 Å². The number of carbonyl (C=O) groups excluding carboxylic acids is 1. The van der Waals surface area contributed by atoms with Gasteiger partial charge in [0, 0.05) is 17.1 Å². The molecule has 1 aliphatic heterocycles. The van der Waals surface area contributed by atoms with Gasteiger partial charge in [0.25, 0.3) is 5.91 Å². The van der Waals surface area contributed by atoms with Gasteiger partial charge in [-0.1, -0.05) is 15.9 Å². The van der Waals surface area contributed by atoms with Gasteiger partial charge in [0.2, 0.25) is 0 Å². The molecule has 1 unspecified atom stereocenters. The molecular formula is C12H14BrClF2N2O. The summed E-state index contributed by atoms with van der Waals surface area (Å²) in [6.07, 6.45) is 2.02. The molecule has 1 heterocycles. The van der Waals surface area contributed by atoms with E-state index in [0.717, 1.165) is 31.5 Å². The average Bonchev–Trinajstić information content (AvgIpc) is 2.77. The molecule has 106 valence electrons. The summed E-state index contributed by atoms with van der Waals surface area (Å²) in [5.41, 5.74) is -0.531. The molecule has 1 fully saturated rings. The highest BCUT2D eigenvalue weighted by Gasteiger charge is 2.20. The van der Waals surface area contributed by atoms with Crippen molar-refractivity contribution in [1.82, 2.24) is 10.6 Å². The van der Waals surface area contributed by atoms with Gasteiger partial charge in [0.15, 0.2) is 0 Å². The third-order valence-electron chi connectivity index (χ3n) is 2.91. The van der Waals surface area contributed by atoms with Crippen molar-refractivity contribution in [3.63, 3.8) is 0 Å². The molecule has 1 aromatic rings. The second-order valence-corrected chi connectivity index (χ2v) is 5.16. The molecule has 0 bridgehead atoms. The van der Waals surface area contributed by atoms with Gasteiger partial charge in [-0.3, -0.25) is 4.79 Å². The summed E-state index contributed by atoms with van der Waals surface area (Å²) < 4.78 is 27.3. The Labute approximate surface area is 124 Å². The second-order valence-electron chi connectivity index (χ2n) is 4.25. The number of rotatable bonds is 3. The SMILES string of the molecule is Cl.O=C(NCC1CCCN1)c1c(F)cc(Br)cc1F. The summed E-state index contributed by atoms with van der Waals surface area (Å²) in [5, 5.41) is 5.74. The monoisotopic (exact) mass is 354 g/mol. The maximum absolute atomic E-state index is 13.5. The molecule has 19 heavy (non-hydrogen) atoms. The topological polar surface area (TPSA) is 41.1 Å². The van der Waals surface area contributed by atoms with Crippen molar-refractivity contribution in [2.24, 2.45) is 0 Å². The number of hydrogen-bond acceptors (Lipinski definition) is 2. The van der Waals surface area contributed by atoms with Crippen LogP contribution in [0.2, 0.25) is 0 Å². The predicted molar refractivity (Wildman–Crippen MR) is 74.7 cm³/mol. The average molecular weight is 356 g/mol. The number of carbonyl (C=O) groups is 1. The second kappa shape index (κ2) is 7.17. The number of amides is 1. The first-order valence-electron chi connectivity index (χ1n) is 5.74. The van der Waals surface area contributed by atoms with Gasteiger partial charge in [0.1, 0.15) is 17.2 Å². The molecule has 3 nitrogen and oxygen atoms in total. The van der Waals surface area contributed by atoms with Gasteiger partial charge in [0.05, 0.1) is 0 Å². The largest absolute Gasteiger partial charge is 0.350 e. The lowest BCUT2D eigenvalue weighted by molar-refractivity contribution is 0.0942. The summed E-state index contributed by atoms with van der Waals surface area (Å²) in [6.45, 7) is 1.30. The minimum atomic E-state index is -0.862. The van der Waals surface area contributed by atoms with Crippen molar-refractivity contribution in [2.45, 2.75) is 18.9 Å². The number of halogens is 4. The van der Waals surface area contributed by atoms with E-state index >= 15 is 0 Å². The Bertz CT molecular complexity index is 444. The van der Waals surface area contributed by atoms with Crippen molar-refractivity contribution >= 4 is 34.2 Å². The Morgan fingerprint density at radius 1 is 1.42 bits per heavy atom. The maximum Gasteiger partial charge on any atom is 0.257 e. The molecule has 1 aliphatic rings. The molecule has 2 N–H and O–H groups in total. The molecule has 0 aliphatic carbocycles. The molecule has 1 saturated heterocycles. The van der Waals surface area contributed by atoms with Gasteiger partial charge in [-0.15, -0.1) is 12.4 Å². The van der Waals surface area contributed by atoms with Crippen LogP contribution in [-0.4, -0.2) is 25.0 Å². The lowest BCUT2D eigenvalue weighted by atomic mass is 10.1. The van der Waals surface area contributed by atoms with E-state index in [9.17, 15) is 13.6 Å². The fraction of sp³-hybridized carbons (Fsp3) is 0.417. The minimum Gasteiger partial charge on any atom is -0.350 e. The Hall–Kier alpha value is -0.720. The highest BCUT2D eigenvalue weighted by Crippen LogP contribution is 2.19. The Kier molecular flexibility index (Phi) is 6.16. The van der Waals surface area contributed by atoms with Gasteiger partial charge >= 0.3 is 0 Å². The number of hydrogen-bond donors (Lipinski definition) is 2. The van der Waals surface area contributed by atoms with E-state index in [1.54, 1.807) is 0 Å². The zero-order valence-corrected chi connectivity index (χ0v) is 12.4. The Morgan fingerprint density at radius 3 is 2.58 bits per heavy atom. The molecule has 0 aromatic heterocycles. The molecule has 0 spiro atoms. The first kappa shape index (κ1) is 16.3. The van der Waals surface area contributed by atoms with E-state index in [-0.39, 0.29) is 22.9 Å². The number of nitrogens with one attached hydrogen (secondary N) is 2. The zero-order chi connectivity index (χ0) is 13.1. The van der Waals surface area contributed by atoms with Crippen LogP contribution < -0.4 is 10.6 Å². The van der Waals surface area contributed by atoms with Crippen LogP contribution in [0.5, 0.6) is 0 Å². The maximum atomic E-state index is 13.5. The third-order valence-corrected chi connectivity index (χ3v) is 3.36. The molecule has 1 atom stereocenters. The van der Waals surface area contributed by atoms with Crippen molar-refractivity contribution < 1.29 is 13.6 Å². The van der Waals surface area contributed by atoms with E-state index in [4.69, 9.17) is 0 Å². The molecular weight excluding hydrogens is 341 g/mol. The smallest absolute Gasteiger partial charge is 0.257 e. The molecule has 2 rings (SSSR count). The van der Waals surface area contributed by atoms with E-state index < -0.39 is 23.1 Å². The summed E-state index contributed by atoms with van der Waals surface area (Å²) in [6, 6.07) is 2.34. The quantitative estimate of drug-likeness (QED) is 0.875. The molecule has 7 heteroatoms. The molecule has 0 radical (unpaired) electrons. The van der Waals surface area contributed by atoms with Crippen LogP contribution in [0.4, 0.5) is 8.78 Å². The first-order valence-corrected chi connectivity index (χ1v) is 6.53. The highest BCUT2D eigenvalue weighted by molar-refractivity contribution is 9.10. The van der Waals surface area contributed by atoms with Crippen LogP contribution in [0.3, 0.4) is 0 Å². The van der Waals surface area contributed by atoms with Crippen molar-refractivity contribution in [3.05, 3.63) is 33.8 Å². The van der Waals surface area contributed by atoms with Crippen LogP contribution in [0.15, 0.2) is 16.6 Å². The summed E-state index contributed by atoms with van der Waals surface area (Å²) in [4.78, 5) is 11.7. The van der Waals surface area contributed by atoms with Crippen LogP contribution in [0.25, 0.3) is 0 Å². The van der Waals surface area contributed by atoms with E-state index in [1.807, 2.05) is 0 Å². The van der Waals surface area contributed by atoms with Crippen molar-refractivity contribution in [2.75, 3.05) is 13.1 Å². The summed E-state index contributed by atoms with van der Waals surface area (Å²) in [5.74, 6) is -2.44. The minimum absolute atomic E-state index is 0. The number of benzene rings is 1. The van der Waals surface area contributed by atoms with Crippen LogP contribution in [-0.2, 0) is 0 Å². The van der Waals surface area contributed by atoms with Gasteiger partial charge in [-0.25, -0.2) is 8.78 Å². The lowest BCUT2D eigenvalue weighted by Gasteiger charge is -2.12. The predicted octanol–water partition coefficient (Wildman–Crippen LogP) is 2.63. The zero-order valence-electron chi connectivity index (χ0n) is 10.0. The molecule has 1 amide bonds. The van der Waals surface area contributed by atoms with E-state index in [2.05, 4.69) is 26.6 Å². The summed E-state index contributed by atoms with van der Waals surface area (Å²) >= 11 is 2.97. The van der Waals surface area contributed by atoms with Crippen LogP contribution >= 0.6 is 28.3 Å². The fourth-order valence-electron chi connectivity index (χ4n) is 1.99. The Balaban J connectivity index is 0.00000180. The van der Waals surface area contributed by atoms with Gasteiger partial charge in [-0.2, -0.15) is 0 Å². The highest BCUT2D eigenvalue weighted by atomic mass is 79.9. The van der Waals surface area contributed by atoms with Crippen molar-refractivity contribution in [1.29, 1.82) is 0 Å². The Morgan fingerprint density at radius 2 is 2.05 bits per heavy atom. The molecule has 0 saturated carbocycles. The lowest BCUT2D eigenvalue weighted by Crippen LogP contribution is -2.37.